The molecule has 0 aliphatic rings. The highest BCUT2D eigenvalue weighted by molar-refractivity contribution is 5.89. The van der Waals surface area contributed by atoms with E-state index in [1.807, 2.05) is 13.0 Å². The summed E-state index contributed by atoms with van der Waals surface area (Å²) < 4.78 is 0. The lowest BCUT2D eigenvalue weighted by Crippen LogP contribution is -1.96. The van der Waals surface area contributed by atoms with Gasteiger partial charge in [-0.3, -0.25) is 0 Å². The predicted octanol–water partition coefficient (Wildman–Crippen LogP) is 2.34. The van der Waals surface area contributed by atoms with Crippen LogP contribution in [0.3, 0.4) is 0 Å². The van der Waals surface area contributed by atoms with E-state index in [0.717, 1.165) is 23.4 Å². The summed E-state index contributed by atoms with van der Waals surface area (Å²) in [6.45, 7) is 2.03. The Morgan fingerprint density at radius 1 is 1.50 bits per heavy atom. The van der Waals surface area contributed by atoms with Gasteiger partial charge in [0.25, 0.3) is 0 Å². The van der Waals surface area contributed by atoms with Crippen molar-refractivity contribution in [1.29, 1.82) is 0 Å². The summed E-state index contributed by atoms with van der Waals surface area (Å²) in [5, 5.41) is 8.91. The van der Waals surface area contributed by atoms with E-state index in [4.69, 9.17) is 5.11 Å². The van der Waals surface area contributed by atoms with Crippen molar-refractivity contribution < 1.29 is 9.90 Å². The molecule has 4 heteroatoms. The Morgan fingerprint density at radius 2 is 2.31 bits per heavy atom. The maximum atomic E-state index is 10.8. The molecule has 0 atom stereocenters. The highest BCUT2D eigenvalue weighted by Gasteiger charge is 2.09. The second kappa shape index (κ2) is 4.18. The van der Waals surface area contributed by atoms with Gasteiger partial charge < -0.3 is 10.1 Å². The van der Waals surface area contributed by atoms with Crippen LogP contribution in [0.4, 0.5) is 0 Å². The van der Waals surface area contributed by atoms with Gasteiger partial charge in [0.15, 0.2) is 0 Å². The van der Waals surface area contributed by atoms with Gasteiger partial charge >= 0.3 is 5.97 Å². The van der Waals surface area contributed by atoms with Crippen molar-refractivity contribution in [2.24, 2.45) is 0 Å². The van der Waals surface area contributed by atoms with Crippen molar-refractivity contribution in [2.45, 2.75) is 13.3 Å². The van der Waals surface area contributed by atoms with Crippen LogP contribution in [0.1, 0.15) is 23.0 Å². The van der Waals surface area contributed by atoms with Crippen molar-refractivity contribution in [3.63, 3.8) is 0 Å². The molecule has 0 radical (unpaired) electrons. The van der Waals surface area contributed by atoms with Gasteiger partial charge in [-0.2, -0.15) is 0 Å². The standard InChI is InChI=1S/C12H12N2O2/c1-2-10-11(14-7-13-10)8-4-3-5-9(6-8)12(15)16/h3-7H,2H2,1H3,(H,13,14)(H,15,16). The minimum Gasteiger partial charge on any atom is -0.478 e. The van der Waals surface area contributed by atoms with Gasteiger partial charge in [0, 0.05) is 11.3 Å². The molecule has 2 N–H and O–H groups in total. The quantitative estimate of drug-likeness (QED) is 0.827. The topological polar surface area (TPSA) is 66.0 Å². The lowest BCUT2D eigenvalue weighted by atomic mass is 10.1. The first kappa shape index (κ1) is 10.4. The number of aryl methyl sites for hydroxylation is 1. The first-order valence-electron chi connectivity index (χ1n) is 5.08. The van der Waals surface area contributed by atoms with Crippen molar-refractivity contribution >= 4 is 5.97 Å². The summed E-state index contributed by atoms with van der Waals surface area (Å²) >= 11 is 0. The average Bonchev–Trinajstić information content (AvgIpc) is 2.77. The van der Waals surface area contributed by atoms with Crippen LogP contribution >= 0.6 is 0 Å². The number of nitrogens with one attached hydrogen (secondary N) is 1. The van der Waals surface area contributed by atoms with Crippen LogP contribution in [0.15, 0.2) is 30.6 Å². The first-order valence-corrected chi connectivity index (χ1v) is 5.08. The highest BCUT2D eigenvalue weighted by Crippen LogP contribution is 2.21. The van der Waals surface area contributed by atoms with Gasteiger partial charge in [0.2, 0.25) is 0 Å². The van der Waals surface area contributed by atoms with E-state index in [1.54, 1.807) is 24.5 Å². The van der Waals surface area contributed by atoms with Gasteiger partial charge in [-0.25, -0.2) is 9.78 Å². The number of aromatic nitrogens is 2. The summed E-state index contributed by atoms with van der Waals surface area (Å²) in [5.41, 5.74) is 2.95. The number of carboxylic acid groups (broad SMARTS) is 1. The molecule has 0 fully saturated rings. The van der Waals surface area contributed by atoms with Gasteiger partial charge in [-0.15, -0.1) is 0 Å². The third-order valence-corrected chi connectivity index (χ3v) is 2.45. The largest absolute Gasteiger partial charge is 0.478 e. The van der Waals surface area contributed by atoms with Gasteiger partial charge in [0.05, 0.1) is 17.6 Å². The molecule has 1 aromatic carbocycles. The predicted molar refractivity (Wildman–Crippen MR) is 60.4 cm³/mol. The minimum absolute atomic E-state index is 0.280. The molecular formula is C12H12N2O2. The fourth-order valence-corrected chi connectivity index (χ4v) is 1.64. The molecule has 0 spiro atoms. The molecule has 0 amide bonds. The number of imidazole rings is 1. The van der Waals surface area contributed by atoms with Crippen LogP contribution in [-0.2, 0) is 6.42 Å². The Balaban J connectivity index is 2.48. The van der Waals surface area contributed by atoms with Crippen LogP contribution < -0.4 is 0 Å². The molecule has 2 rings (SSSR count). The number of H-pyrrole nitrogens is 1. The summed E-state index contributed by atoms with van der Waals surface area (Å²) in [6.07, 6.45) is 2.47. The van der Waals surface area contributed by atoms with Crippen LogP contribution in [0.5, 0.6) is 0 Å². The first-order chi connectivity index (χ1) is 7.72. The molecule has 16 heavy (non-hydrogen) atoms. The number of hydrogen-bond donors (Lipinski definition) is 2. The van der Waals surface area contributed by atoms with Crippen LogP contribution in [-0.4, -0.2) is 21.0 Å². The minimum atomic E-state index is -0.921. The summed E-state index contributed by atoms with van der Waals surface area (Å²) in [6, 6.07) is 6.80. The van der Waals surface area contributed by atoms with E-state index in [0.29, 0.717) is 0 Å². The molecule has 0 aliphatic carbocycles. The number of aromatic carboxylic acids is 1. The maximum Gasteiger partial charge on any atom is 0.335 e. The smallest absolute Gasteiger partial charge is 0.335 e. The van der Waals surface area contributed by atoms with Gasteiger partial charge in [0.1, 0.15) is 0 Å². The second-order valence-electron chi connectivity index (χ2n) is 3.47. The Kier molecular flexibility index (Phi) is 2.72. The molecule has 0 bridgehead atoms. The molecule has 0 aliphatic heterocycles. The fraction of sp³-hybridized carbons (Fsp3) is 0.167. The number of hydrogen-bond acceptors (Lipinski definition) is 2. The number of benzene rings is 1. The Bertz CT molecular complexity index is 517. The van der Waals surface area contributed by atoms with E-state index < -0.39 is 5.97 Å². The van der Waals surface area contributed by atoms with Crippen molar-refractivity contribution in [3.8, 4) is 11.3 Å². The number of rotatable bonds is 3. The molecule has 0 saturated carbocycles. The molecule has 0 unspecified atom stereocenters. The van der Waals surface area contributed by atoms with E-state index >= 15 is 0 Å². The van der Waals surface area contributed by atoms with Crippen molar-refractivity contribution in [3.05, 3.63) is 41.9 Å². The number of aromatic amines is 1. The molecule has 4 nitrogen and oxygen atoms in total. The van der Waals surface area contributed by atoms with Crippen molar-refractivity contribution in [1.82, 2.24) is 9.97 Å². The second-order valence-corrected chi connectivity index (χ2v) is 3.47. The molecule has 1 aromatic heterocycles. The number of carbonyl (C=O) groups is 1. The third kappa shape index (κ3) is 1.82. The summed E-state index contributed by atoms with van der Waals surface area (Å²) in [7, 11) is 0. The molecule has 1 heterocycles. The maximum absolute atomic E-state index is 10.8. The van der Waals surface area contributed by atoms with Gasteiger partial charge in [-0.05, 0) is 18.6 Å². The molecule has 82 valence electrons. The Morgan fingerprint density at radius 3 is 3.00 bits per heavy atom. The molecule has 2 aromatic rings. The van der Waals surface area contributed by atoms with E-state index in [9.17, 15) is 4.79 Å². The van der Waals surface area contributed by atoms with E-state index in [-0.39, 0.29) is 5.56 Å². The van der Waals surface area contributed by atoms with Crippen LogP contribution in [0.25, 0.3) is 11.3 Å². The monoisotopic (exact) mass is 216 g/mol. The lowest BCUT2D eigenvalue weighted by molar-refractivity contribution is 0.0697. The zero-order chi connectivity index (χ0) is 11.5. The Labute approximate surface area is 93.0 Å². The SMILES string of the molecule is CCc1[nH]cnc1-c1cccc(C(=O)O)c1. The summed E-state index contributed by atoms with van der Waals surface area (Å²) in [5.74, 6) is -0.921. The van der Waals surface area contributed by atoms with E-state index in [2.05, 4.69) is 9.97 Å². The lowest BCUT2D eigenvalue weighted by Gasteiger charge is -2.01. The number of carboxylic acids is 1. The van der Waals surface area contributed by atoms with E-state index in [1.165, 1.54) is 0 Å². The van der Waals surface area contributed by atoms with Crippen LogP contribution in [0.2, 0.25) is 0 Å². The third-order valence-electron chi connectivity index (χ3n) is 2.45. The fourth-order valence-electron chi connectivity index (χ4n) is 1.64. The number of nitrogens with zero attached hydrogens (tertiary/aromatic N) is 1. The van der Waals surface area contributed by atoms with Gasteiger partial charge in [-0.1, -0.05) is 19.1 Å². The zero-order valence-electron chi connectivity index (χ0n) is 8.90. The Hall–Kier alpha value is -2.10. The zero-order valence-corrected chi connectivity index (χ0v) is 8.90. The highest BCUT2D eigenvalue weighted by atomic mass is 16.4. The molecule has 0 saturated heterocycles. The average molecular weight is 216 g/mol. The molecular weight excluding hydrogens is 204 g/mol. The normalized spacial score (nSPS) is 10.3. The summed E-state index contributed by atoms with van der Waals surface area (Å²) in [4.78, 5) is 18.1. The van der Waals surface area contributed by atoms with Crippen molar-refractivity contribution in [2.75, 3.05) is 0 Å². The van der Waals surface area contributed by atoms with Crippen LogP contribution in [0, 0.1) is 0 Å².